The summed E-state index contributed by atoms with van der Waals surface area (Å²) in [7, 11) is 4.62. The Hall–Kier alpha value is -3.43. The summed E-state index contributed by atoms with van der Waals surface area (Å²) in [5.74, 6) is -7.87. The van der Waals surface area contributed by atoms with Crippen molar-refractivity contribution in [1.29, 1.82) is 0 Å². The zero-order chi connectivity index (χ0) is 43.6. The van der Waals surface area contributed by atoms with Crippen LogP contribution in [0.4, 0.5) is 0 Å². The van der Waals surface area contributed by atoms with Crippen LogP contribution in [0, 0.1) is 29.6 Å². The molecule has 15 nitrogen and oxygen atoms in total. The standard InChI is InChI=1S/C44H68N4O11/c1-10-13-31-19-25(2)18-26(3)20-37(56-8)40-38(57-9)22-28(5)44(54,59-40)41(51)42(52)48-17-12-11-14-33(48)43(53)58-39(29(6)34(49)24-35(31)50)27(4)21-30-15-16-32(46-47-45)36(23-30)55-7/h10,19,21,26,28-34,36-40,49,54H,1,11-18,20,22-24H2,2-9H3. The summed E-state index contributed by atoms with van der Waals surface area (Å²) in [6.45, 7) is 13.1. The molecule has 0 spiro atoms. The maximum Gasteiger partial charge on any atom is 0.329 e. The van der Waals surface area contributed by atoms with Gasteiger partial charge in [0.25, 0.3) is 11.7 Å². The van der Waals surface area contributed by atoms with Gasteiger partial charge in [-0.2, -0.15) is 0 Å². The number of aliphatic hydroxyl groups excluding tert-OH is 1. The molecule has 15 heteroatoms. The molecule has 2 bridgehead atoms. The first-order valence-corrected chi connectivity index (χ1v) is 21.3. The number of ether oxygens (including phenoxy) is 5. The Morgan fingerprint density at radius 2 is 1.69 bits per heavy atom. The number of carbonyl (C=O) groups excluding carboxylic acids is 4. The van der Waals surface area contributed by atoms with Crippen molar-refractivity contribution in [2.45, 2.75) is 160 Å². The average molecular weight is 829 g/mol. The first kappa shape index (κ1) is 48.2. The number of hydrogen-bond acceptors (Lipinski definition) is 12. The van der Waals surface area contributed by atoms with Crippen LogP contribution >= 0.6 is 0 Å². The molecular formula is C44H68N4O11. The molecule has 4 aliphatic rings. The second kappa shape index (κ2) is 21.9. The summed E-state index contributed by atoms with van der Waals surface area (Å²) in [6.07, 6.45) is 5.49. The van der Waals surface area contributed by atoms with Crippen molar-refractivity contribution in [3.05, 3.63) is 46.4 Å². The molecule has 1 saturated carbocycles. The number of hydrogen-bond donors (Lipinski definition) is 2. The van der Waals surface area contributed by atoms with Crippen molar-refractivity contribution in [2.75, 3.05) is 27.9 Å². The third kappa shape index (κ3) is 11.7. The minimum Gasteiger partial charge on any atom is -0.456 e. The van der Waals surface area contributed by atoms with E-state index in [-0.39, 0.29) is 55.6 Å². The average Bonchev–Trinajstić information content (AvgIpc) is 3.21. The fourth-order valence-electron chi connectivity index (χ4n) is 9.62. The van der Waals surface area contributed by atoms with Gasteiger partial charge in [-0.3, -0.25) is 14.4 Å². The second-order valence-electron chi connectivity index (χ2n) is 17.5. The third-order valence-corrected chi connectivity index (χ3v) is 13.1. The van der Waals surface area contributed by atoms with E-state index in [1.54, 1.807) is 34.0 Å². The van der Waals surface area contributed by atoms with Crippen molar-refractivity contribution >= 4 is 23.4 Å². The summed E-state index contributed by atoms with van der Waals surface area (Å²) in [5.41, 5.74) is 10.7. The van der Waals surface area contributed by atoms with Gasteiger partial charge in [0.2, 0.25) is 5.79 Å². The number of carbonyl (C=O) groups is 4. The highest BCUT2D eigenvalue weighted by Crippen LogP contribution is 2.39. The zero-order valence-electron chi connectivity index (χ0n) is 36.3. The number of cyclic esters (lactones) is 1. The summed E-state index contributed by atoms with van der Waals surface area (Å²) in [4.78, 5) is 61.0. The van der Waals surface area contributed by atoms with Crippen LogP contribution in [0.2, 0.25) is 0 Å². The van der Waals surface area contributed by atoms with Crippen molar-refractivity contribution in [2.24, 2.45) is 34.7 Å². The molecule has 0 aromatic heterocycles. The van der Waals surface area contributed by atoms with Gasteiger partial charge in [0, 0.05) is 57.0 Å². The lowest BCUT2D eigenvalue weighted by Crippen LogP contribution is -2.64. The SMILES string of the molecule is C=CCC1C=C(C)CC(C)CC(OC)C2OC(O)(C(=O)C(=O)N3CCCCC3C(=O)OC(C(C)=CC3CCC(N=[N+]=[N-])C(OC)C3)C(C)C(O)CC1=O)C(C)CC2OC. The van der Waals surface area contributed by atoms with E-state index < -0.39 is 77.8 Å². The third-order valence-electron chi connectivity index (χ3n) is 13.1. The number of rotatable bonds is 8. The number of methoxy groups -OCH3 is 3. The van der Waals surface area contributed by atoms with Crippen LogP contribution in [0.5, 0.6) is 0 Å². The molecule has 3 fully saturated rings. The minimum atomic E-state index is -2.52. The van der Waals surface area contributed by atoms with Crippen LogP contribution < -0.4 is 0 Å². The highest BCUT2D eigenvalue weighted by Gasteiger charge is 2.56. The predicted molar refractivity (Wildman–Crippen MR) is 220 cm³/mol. The summed E-state index contributed by atoms with van der Waals surface area (Å²) in [6, 6.07) is -1.47. The van der Waals surface area contributed by atoms with Gasteiger partial charge in [-0.1, -0.05) is 49.7 Å². The van der Waals surface area contributed by atoms with Gasteiger partial charge in [-0.05, 0) is 101 Å². The molecule has 14 atom stereocenters. The topological polar surface area (TPSA) is 207 Å². The monoisotopic (exact) mass is 828 g/mol. The Bertz CT molecular complexity index is 1610. The molecule has 14 unspecified atom stereocenters. The maximum absolute atomic E-state index is 14.4. The second-order valence-corrected chi connectivity index (χ2v) is 17.5. The van der Waals surface area contributed by atoms with E-state index in [4.69, 9.17) is 29.2 Å². The largest absolute Gasteiger partial charge is 0.456 e. The summed E-state index contributed by atoms with van der Waals surface area (Å²) in [5, 5.41) is 27.7. The summed E-state index contributed by atoms with van der Waals surface area (Å²) >= 11 is 0. The quantitative estimate of drug-likeness (QED) is 0.0729. The molecule has 1 amide bonds. The number of amides is 1. The fraction of sp³-hybridized carbons (Fsp3) is 0.773. The molecule has 2 saturated heterocycles. The Balaban J connectivity index is 1.78. The lowest BCUT2D eigenvalue weighted by molar-refractivity contribution is -0.302. The van der Waals surface area contributed by atoms with Gasteiger partial charge in [-0.25, -0.2) is 4.79 Å². The molecule has 59 heavy (non-hydrogen) atoms. The normalized spacial score (nSPS) is 38.9. The molecule has 4 rings (SSSR count). The number of ketones is 2. The van der Waals surface area contributed by atoms with Gasteiger partial charge in [0.1, 0.15) is 24.0 Å². The highest BCUT2D eigenvalue weighted by molar-refractivity contribution is 6.39. The molecule has 1 aliphatic carbocycles. The molecule has 2 N–H and O–H groups in total. The van der Waals surface area contributed by atoms with Crippen molar-refractivity contribution in [3.8, 4) is 0 Å². The van der Waals surface area contributed by atoms with Crippen LogP contribution in [-0.2, 0) is 42.9 Å². The maximum atomic E-state index is 14.4. The zero-order valence-corrected chi connectivity index (χ0v) is 36.3. The van der Waals surface area contributed by atoms with Gasteiger partial charge < -0.3 is 38.8 Å². The lowest BCUT2D eigenvalue weighted by Gasteiger charge is -2.47. The predicted octanol–water partition coefficient (Wildman–Crippen LogP) is 5.96. The number of aliphatic hydroxyl groups is 2. The minimum absolute atomic E-state index is 0.00219. The number of nitrogens with zero attached hydrogens (tertiary/aromatic N) is 4. The van der Waals surface area contributed by atoms with Crippen LogP contribution in [0.25, 0.3) is 10.4 Å². The molecule has 0 radical (unpaired) electrons. The van der Waals surface area contributed by atoms with Crippen LogP contribution in [-0.4, -0.2) is 121 Å². The Morgan fingerprint density at radius 1 is 1.02 bits per heavy atom. The van der Waals surface area contributed by atoms with E-state index >= 15 is 0 Å². The van der Waals surface area contributed by atoms with Gasteiger partial charge in [0.05, 0.1) is 30.5 Å². The Kier molecular flexibility index (Phi) is 17.9. The number of allylic oxidation sites excluding steroid dienone is 4. The fourth-order valence-corrected chi connectivity index (χ4v) is 9.62. The molecule has 0 aromatic rings. The number of azide groups is 1. The Morgan fingerprint density at radius 3 is 2.34 bits per heavy atom. The number of piperidine rings is 1. The van der Waals surface area contributed by atoms with Crippen molar-refractivity contribution in [1.82, 2.24) is 4.90 Å². The molecule has 3 aliphatic heterocycles. The summed E-state index contributed by atoms with van der Waals surface area (Å²) < 4.78 is 29.9. The molecule has 330 valence electrons. The van der Waals surface area contributed by atoms with E-state index in [2.05, 4.69) is 16.6 Å². The van der Waals surface area contributed by atoms with Crippen LogP contribution in [0.1, 0.15) is 105 Å². The first-order chi connectivity index (χ1) is 28.0. The first-order valence-electron chi connectivity index (χ1n) is 21.3. The Labute approximate surface area is 349 Å². The lowest BCUT2D eigenvalue weighted by atomic mass is 9.81. The van der Waals surface area contributed by atoms with Gasteiger partial charge in [0.15, 0.2) is 0 Å². The molecular weight excluding hydrogens is 761 g/mol. The van der Waals surface area contributed by atoms with Crippen molar-refractivity contribution in [3.63, 3.8) is 0 Å². The smallest absolute Gasteiger partial charge is 0.329 e. The van der Waals surface area contributed by atoms with Gasteiger partial charge in [-0.15, -0.1) is 6.58 Å². The number of fused-ring (bicyclic) bond motifs is 3. The van der Waals surface area contributed by atoms with Crippen LogP contribution in [0.3, 0.4) is 0 Å². The van der Waals surface area contributed by atoms with E-state index in [1.807, 2.05) is 26.0 Å². The highest BCUT2D eigenvalue weighted by atomic mass is 16.7. The van der Waals surface area contributed by atoms with E-state index in [9.17, 15) is 29.4 Å². The number of esters is 1. The van der Waals surface area contributed by atoms with E-state index in [1.165, 1.54) is 19.1 Å². The van der Waals surface area contributed by atoms with Crippen LogP contribution in [0.15, 0.2) is 41.1 Å². The number of Topliss-reactive ketones (excluding diaryl/α,β-unsaturated/α-hetero) is 2. The van der Waals surface area contributed by atoms with E-state index in [0.717, 1.165) is 5.57 Å². The van der Waals surface area contributed by atoms with Gasteiger partial charge >= 0.3 is 5.97 Å². The molecule has 0 aromatic carbocycles. The molecule has 3 heterocycles. The van der Waals surface area contributed by atoms with E-state index in [0.29, 0.717) is 56.9 Å². The van der Waals surface area contributed by atoms with Crippen molar-refractivity contribution < 1.29 is 53.1 Å².